The molecule has 1 rings (SSSR count). The zero-order valence-electron chi connectivity index (χ0n) is 13.9. The van der Waals surface area contributed by atoms with E-state index in [2.05, 4.69) is 12.8 Å². The minimum Gasteiger partial charge on any atom is -0.458 e. The average Bonchev–Trinajstić information content (AvgIpc) is 2.51. The van der Waals surface area contributed by atoms with Gasteiger partial charge in [-0.05, 0) is 37.5 Å². The van der Waals surface area contributed by atoms with Gasteiger partial charge in [-0.2, -0.15) is 0 Å². The Labute approximate surface area is 135 Å². The number of hydrogen-bond acceptors (Lipinski definition) is 2. The Balaban J connectivity index is 2.33. The van der Waals surface area contributed by atoms with Crippen molar-refractivity contribution < 1.29 is 9.53 Å². The van der Waals surface area contributed by atoms with Gasteiger partial charge in [0.25, 0.3) is 0 Å². The lowest BCUT2D eigenvalue weighted by Gasteiger charge is -2.10. The van der Waals surface area contributed by atoms with Gasteiger partial charge in [0.1, 0.15) is 6.10 Å². The quantitative estimate of drug-likeness (QED) is 0.339. The molecule has 0 N–H and O–H groups in total. The summed E-state index contributed by atoms with van der Waals surface area (Å²) in [6.45, 7) is 4.05. The summed E-state index contributed by atoms with van der Waals surface area (Å²) < 4.78 is 5.27. The highest BCUT2D eigenvalue weighted by Gasteiger charge is 2.10. The molecule has 0 radical (unpaired) electrons. The van der Waals surface area contributed by atoms with Crippen LogP contribution in [-0.2, 0) is 11.2 Å². The van der Waals surface area contributed by atoms with Crippen molar-refractivity contribution in [3.05, 3.63) is 35.4 Å². The first-order valence-electron chi connectivity index (χ1n) is 8.40. The number of terminal acetylenes is 1. The van der Waals surface area contributed by atoms with Crippen LogP contribution < -0.4 is 0 Å². The third-order valence-electron chi connectivity index (χ3n) is 3.72. The SMILES string of the molecule is C#CCC(C)OC(=O)c1ccc(CCCCCCCC)cc1. The predicted molar refractivity (Wildman–Crippen MR) is 91.8 cm³/mol. The van der Waals surface area contributed by atoms with Gasteiger partial charge in [-0.25, -0.2) is 4.79 Å². The van der Waals surface area contributed by atoms with Crippen molar-refractivity contribution >= 4 is 5.97 Å². The Morgan fingerprint density at radius 3 is 2.41 bits per heavy atom. The highest BCUT2D eigenvalue weighted by molar-refractivity contribution is 5.89. The molecule has 120 valence electrons. The monoisotopic (exact) mass is 300 g/mol. The first-order valence-corrected chi connectivity index (χ1v) is 8.40. The molecule has 0 aromatic heterocycles. The van der Waals surface area contributed by atoms with Crippen molar-refractivity contribution in [2.75, 3.05) is 0 Å². The van der Waals surface area contributed by atoms with E-state index in [1.807, 2.05) is 31.2 Å². The second kappa shape index (κ2) is 10.9. The topological polar surface area (TPSA) is 26.3 Å². The van der Waals surface area contributed by atoms with Crippen LogP contribution in [0.15, 0.2) is 24.3 Å². The molecule has 1 aromatic carbocycles. The third-order valence-corrected chi connectivity index (χ3v) is 3.72. The molecule has 1 atom stereocenters. The third kappa shape index (κ3) is 7.31. The number of rotatable bonds is 10. The molecular formula is C20H28O2. The average molecular weight is 300 g/mol. The highest BCUT2D eigenvalue weighted by Crippen LogP contribution is 2.12. The van der Waals surface area contributed by atoms with Crippen LogP contribution in [0, 0.1) is 12.3 Å². The van der Waals surface area contributed by atoms with Crippen LogP contribution in [0.1, 0.15) is 74.7 Å². The van der Waals surface area contributed by atoms with Crippen LogP contribution in [0.3, 0.4) is 0 Å². The van der Waals surface area contributed by atoms with E-state index < -0.39 is 0 Å². The van der Waals surface area contributed by atoms with Gasteiger partial charge in [-0.15, -0.1) is 12.3 Å². The molecule has 0 fully saturated rings. The van der Waals surface area contributed by atoms with Gasteiger partial charge in [0.05, 0.1) is 5.56 Å². The molecule has 0 aliphatic heterocycles. The van der Waals surface area contributed by atoms with E-state index in [-0.39, 0.29) is 12.1 Å². The fraction of sp³-hybridized carbons (Fsp3) is 0.550. The minimum absolute atomic E-state index is 0.236. The molecule has 1 aromatic rings. The molecule has 0 aliphatic carbocycles. The minimum atomic E-state index is -0.297. The van der Waals surface area contributed by atoms with Crippen molar-refractivity contribution in [1.29, 1.82) is 0 Å². The number of unbranched alkanes of at least 4 members (excludes halogenated alkanes) is 5. The van der Waals surface area contributed by atoms with E-state index >= 15 is 0 Å². The lowest BCUT2D eigenvalue weighted by molar-refractivity contribution is 0.0352. The Hall–Kier alpha value is -1.75. The summed E-state index contributed by atoms with van der Waals surface area (Å²) in [4.78, 5) is 11.9. The number of carbonyl (C=O) groups is 1. The fourth-order valence-corrected chi connectivity index (χ4v) is 2.38. The molecule has 0 heterocycles. The van der Waals surface area contributed by atoms with E-state index in [1.54, 1.807) is 0 Å². The van der Waals surface area contributed by atoms with Gasteiger partial charge < -0.3 is 4.74 Å². The molecule has 0 saturated carbocycles. The van der Waals surface area contributed by atoms with E-state index in [9.17, 15) is 4.79 Å². The first kappa shape index (κ1) is 18.3. The molecule has 2 nitrogen and oxygen atoms in total. The van der Waals surface area contributed by atoms with Gasteiger partial charge in [0.2, 0.25) is 0 Å². The fourth-order valence-electron chi connectivity index (χ4n) is 2.38. The molecule has 22 heavy (non-hydrogen) atoms. The van der Waals surface area contributed by atoms with Crippen molar-refractivity contribution in [1.82, 2.24) is 0 Å². The smallest absolute Gasteiger partial charge is 0.338 e. The van der Waals surface area contributed by atoms with Gasteiger partial charge in [-0.1, -0.05) is 51.2 Å². The van der Waals surface area contributed by atoms with E-state index in [4.69, 9.17) is 11.2 Å². The first-order chi connectivity index (χ1) is 10.7. The van der Waals surface area contributed by atoms with Crippen LogP contribution in [0.4, 0.5) is 0 Å². The Kier molecular flexibility index (Phi) is 9.07. The van der Waals surface area contributed by atoms with Crippen molar-refractivity contribution in [3.8, 4) is 12.3 Å². The molecule has 1 unspecified atom stereocenters. The Morgan fingerprint density at radius 2 is 1.77 bits per heavy atom. The van der Waals surface area contributed by atoms with Crippen molar-refractivity contribution in [2.24, 2.45) is 0 Å². The van der Waals surface area contributed by atoms with Gasteiger partial charge in [0, 0.05) is 6.42 Å². The number of aryl methyl sites for hydroxylation is 1. The Morgan fingerprint density at radius 1 is 1.14 bits per heavy atom. The highest BCUT2D eigenvalue weighted by atomic mass is 16.5. The summed E-state index contributed by atoms with van der Waals surface area (Å²) in [6.07, 6.45) is 14.3. The van der Waals surface area contributed by atoms with Crippen molar-refractivity contribution in [3.63, 3.8) is 0 Å². The number of hydrogen-bond donors (Lipinski definition) is 0. The lowest BCUT2D eigenvalue weighted by atomic mass is 10.0. The zero-order valence-corrected chi connectivity index (χ0v) is 13.9. The van der Waals surface area contributed by atoms with E-state index in [0.29, 0.717) is 12.0 Å². The van der Waals surface area contributed by atoms with Crippen LogP contribution >= 0.6 is 0 Å². The zero-order chi connectivity index (χ0) is 16.2. The predicted octanol–water partition coefficient (Wildman–Crippen LogP) is 5.16. The summed E-state index contributed by atoms with van der Waals surface area (Å²) in [5.74, 6) is 2.20. The van der Waals surface area contributed by atoms with Crippen LogP contribution in [0.25, 0.3) is 0 Å². The van der Waals surface area contributed by atoms with E-state index in [1.165, 1.54) is 44.1 Å². The maximum atomic E-state index is 11.9. The number of carbonyl (C=O) groups excluding carboxylic acids is 1. The normalized spacial score (nSPS) is 11.7. The molecule has 0 aliphatic rings. The van der Waals surface area contributed by atoms with Crippen LogP contribution in [0.5, 0.6) is 0 Å². The number of esters is 1. The lowest BCUT2D eigenvalue weighted by Crippen LogP contribution is -2.14. The van der Waals surface area contributed by atoms with Crippen LogP contribution in [0.2, 0.25) is 0 Å². The summed E-state index contributed by atoms with van der Waals surface area (Å²) >= 11 is 0. The molecule has 0 bridgehead atoms. The standard InChI is InChI=1S/C20H28O2/c1-4-6-7-8-9-10-12-18-13-15-19(16-14-18)20(21)22-17(3)11-5-2/h2,13-17H,4,6-12H2,1,3H3. The summed E-state index contributed by atoms with van der Waals surface area (Å²) in [6, 6.07) is 7.73. The van der Waals surface area contributed by atoms with Gasteiger partial charge in [0.15, 0.2) is 0 Å². The summed E-state index contributed by atoms with van der Waals surface area (Å²) in [5.41, 5.74) is 1.87. The molecule has 2 heteroatoms. The molecule has 0 saturated heterocycles. The second-order valence-electron chi connectivity index (χ2n) is 5.84. The van der Waals surface area contributed by atoms with Gasteiger partial charge in [-0.3, -0.25) is 0 Å². The molecule has 0 amide bonds. The van der Waals surface area contributed by atoms with Crippen molar-refractivity contribution in [2.45, 2.75) is 71.3 Å². The van der Waals surface area contributed by atoms with E-state index in [0.717, 1.165) is 6.42 Å². The largest absolute Gasteiger partial charge is 0.458 e. The molecule has 0 spiro atoms. The number of benzene rings is 1. The maximum absolute atomic E-state index is 11.9. The summed E-state index contributed by atoms with van der Waals surface area (Å²) in [7, 11) is 0. The summed E-state index contributed by atoms with van der Waals surface area (Å²) in [5, 5.41) is 0. The van der Waals surface area contributed by atoms with Crippen LogP contribution in [-0.4, -0.2) is 12.1 Å². The van der Waals surface area contributed by atoms with Gasteiger partial charge >= 0.3 is 5.97 Å². The second-order valence-corrected chi connectivity index (χ2v) is 5.84. The Bertz CT molecular complexity index is 467. The maximum Gasteiger partial charge on any atom is 0.338 e. The number of ether oxygens (including phenoxy) is 1. The molecular weight excluding hydrogens is 272 g/mol.